The average molecular weight is 381 g/mol. The third-order valence-electron chi connectivity index (χ3n) is 5.71. The van der Waals surface area contributed by atoms with E-state index in [4.69, 9.17) is 4.98 Å². The highest BCUT2D eigenvalue weighted by molar-refractivity contribution is 5.96. The number of amides is 1. The van der Waals surface area contributed by atoms with E-state index in [1.54, 1.807) is 0 Å². The summed E-state index contributed by atoms with van der Waals surface area (Å²) in [7, 11) is 0. The van der Waals surface area contributed by atoms with E-state index < -0.39 is 0 Å². The number of hydrogen-bond donors (Lipinski definition) is 0. The predicted octanol–water partition coefficient (Wildman–Crippen LogP) is 4.80. The fourth-order valence-corrected chi connectivity index (χ4v) is 4.26. The molecule has 0 bridgehead atoms. The lowest BCUT2D eigenvalue weighted by Gasteiger charge is -2.17. The molecule has 144 valence electrons. The quantitative estimate of drug-likeness (QED) is 0.498. The molecule has 1 amide bonds. The maximum Gasteiger partial charge on any atom is 0.227 e. The summed E-state index contributed by atoms with van der Waals surface area (Å²) in [6.45, 7) is 1.54. The van der Waals surface area contributed by atoms with Crippen molar-refractivity contribution in [2.24, 2.45) is 0 Å². The van der Waals surface area contributed by atoms with Gasteiger partial charge in [0, 0.05) is 31.1 Å². The van der Waals surface area contributed by atoms with E-state index in [9.17, 15) is 4.79 Å². The molecule has 1 saturated heterocycles. The summed E-state index contributed by atoms with van der Waals surface area (Å²) in [5.74, 6) is 1.29. The summed E-state index contributed by atoms with van der Waals surface area (Å²) in [6.07, 6.45) is 1.45. The SMILES string of the molecule is O=C1C[C@@H](c2nc3ccccc3n2CCc2ccccc2)CN1c1ccccc1. The van der Waals surface area contributed by atoms with Gasteiger partial charge in [-0.25, -0.2) is 4.98 Å². The molecule has 1 fully saturated rings. The number of nitrogens with zero attached hydrogens (tertiary/aromatic N) is 3. The van der Waals surface area contributed by atoms with Crippen molar-refractivity contribution >= 4 is 22.6 Å². The number of aryl methyl sites for hydroxylation is 2. The van der Waals surface area contributed by atoms with Crippen LogP contribution in [0.3, 0.4) is 0 Å². The number of rotatable bonds is 5. The molecule has 4 aromatic rings. The topological polar surface area (TPSA) is 38.1 Å². The van der Waals surface area contributed by atoms with Crippen LogP contribution in [0, 0.1) is 0 Å². The average Bonchev–Trinajstić information content (AvgIpc) is 3.34. The summed E-state index contributed by atoms with van der Waals surface area (Å²) in [4.78, 5) is 19.6. The number of para-hydroxylation sites is 3. The molecule has 1 aromatic heterocycles. The monoisotopic (exact) mass is 381 g/mol. The van der Waals surface area contributed by atoms with Crippen LogP contribution in [0.2, 0.25) is 0 Å². The van der Waals surface area contributed by atoms with Gasteiger partial charge >= 0.3 is 0 Å². The summed E-state index contributed by atoms with van der Waals surface area (Å²) >= 11 is 0. The fraction of sp³-hybridized carbons (Fsp3) is 0.200. The predicted molar refractivity (Wildman–Crippen MR) is 116 cm³/mol. The first-order valence-corrected chi connectivity index (χ1v) is 10.1. The van der Waals surface area contributed by atoms with Crippen LogP contribution in [0.15, 0.2) is 84.9 Å². The molecule has 0 aliphatic carbocycles. The van der Waals surface area contributed by atoms with Crippen LogP contribution in [0.4, 0.5) is 5.69 Å². The van der Waals surface area contributed by atoms with Gasteiger partial charge in [-0.2, -0.15) is 0 Å². The highest BCUT2D eigenvalue weighted by Crippen LogP contribution is 2.33. The zero-order valence-electron chi connectivity index (χ0n) is 16.2. The molecule has 5 rings (SSSR count). The Morgan fingerprint density at radius 2 is 1.55 bits per heavy atom. The summed E-state index contributed by atoms with van der Waals surface area (Å²) in [5.41, 5.74) is 4.42. The number of imidazole rings is 1. The maximum absolute atomic E-state index is 12.8. The van der Waals surface area contributed by atoms with Crippen LogP contribution in [0.1, 0.15) is 23.7 Å². The lowest BCUT2D eigenvalue weighted by atomic mass is 10.1. The number of aromatic nitrogens is 2. The van der Waals surface area contributed by atoms with Crippen molar-refractivity contribution in [1.29, 1.82) is 0 Å². The molecule has 0 N–H and O–H groups in total. The normalized spacial score (nSPS) is 16.6. The van der Waals surface area contributed by atoms with Crippen molar-refractivity contribution < 1.29 is 4.79 Å². The summed E-state index contributed by atoms with van der Waals surface area (Å²) < 4.78 is 2.31. The molecule has 4 nitrogen and oxygen atoms in total. The first-order chi connectivity index (χ1) is 14.3. The summed E-state index contributed by atoms with van der Waals surface area (Å²) in [6, 6.07) is 28.7. The minimum Gasteiger partial charge on any atom is -0.327 e. The van der Waals surface area contributed by atoms with Crippen LogP contribution in [0.5, 0.6) is 0 Å². The van der Waals surface area contributed by atoms with E-state index in [1.807, 2.05) is 47.4 Å². The van der Waals surface area contributed by atoms with Gasteiger partial charge in [0.05, 0.1) is 11.0 Å². The molecule has 1 atom stereocenters. The number of fused-ring (bicyclic) bond motifs is 1. The Bertz CT molecular complexity index is 1130. The van der Waals surface area contributed by atoms with Crippen LogP contribution >= 0.6 is 0 Å². The minimum absolute atomic E-state index is 0.103. The van der Waals surface area contributed by atoms with E-state index in [-0.39, 0.29) is 11.8 Å². The minimum atomic E-state index is 0.103. The van der Waals surface area contributed by atoms with Gasteiger partial charge in [-0.15, -0.1) is 0 Å². The van der Waals surface area contributed by atoms with Crippen molar-refractivity contribution in [3.8, 4) is 0 Å². The van der Waals surface area contributed by atoms with E-state index in [2.05, 4.69) is 47.0 Å². The highest BCUT2D eigenvalue weighted by Gasteiger charge is 2.34. The van der Waals surface area contributed by atoms with Gasteiger partial charge in [-0.05, 0) is 36.2 Å². The Kier molecular flexibility index (Phi) is 4.60. The number of anilines is 1. The van der Waals surface area contributed by atoms with Gasteiger partial charge in [-0.1, -0.05) is 60.7 Å². The van der Waals surface area contributed by atoms with Crippen molar-refractivity contribution in [3.63, 3.8) is 0 Å². The van der Waals surface area contributed by atoms with E-state index in [0.29, 0.717) is 13.0 Å². The Morgan fingerprint density at radius 3 is 2.34 bits per heavy atom. The van der Waals surface area contributed by atoms with Crippen molar-refractivity contribution in [1.82, 2.24) is 9.55 Å². The molecule has 4 heteroatoms. The van der Waals surface area contributed by atoms with Crippen LogP contribution in [-0.2, 0) is 17.8 Å². The van der Waals surface area contributed by atoms with Crippen LogP contribution in [0.25, 0.3) is 11.0 Å². The zero-order valence-corrected chi connectivity index (χ0v) is 16.2. The molecular formula is C25H23N3O. The lowest BCUT2D eigenvalue weighted by Crippen LogP contribution is -2.24. The molecule has 29 heavy (non-hydrogen) atoms. The Balaban J connectivity index is 1.47. The number of carbonyl (C=O) groups excluding carboxylic acids is 1. The van der Waals surface area contributed by atoms with Gasteiger partial charge < -0.3 is 9.47 Å². The molecule has 0 saturated carbocycles. The second-order valence-electron chi connectivity index (χ2n) is 7.59. The van der Waals surface area contributed by atoms with Gasteiger partial charge in [-0.3, -0.25) is 4.79 Å². The molecule has 1 aliphatic rings. The first kappa shape index (κ1) is 17.7. The van der Waals surface area contributed by atoms with Gasteiger partial charge in [0.15, 0.2) is 0 Å². The third-order valence-corrected chi connectivity index (χ3v) is 5.71. The standard InChI is InChI=1S/C25H23N3O/c29-24-17-20(18-28(24)21-11-5-2-6-12-21)25-26-22-13-7-8-14-23(22)27(25)16-15-19-9-3-1-4-10-19/h1-14,20H,15-18H2/t20-/m1/s1. The number of hydrogen-bond acceptors (Lipinski definition) is 2. The number of carbonyl (C=O) groups is 1. The third kappa shape index (κ3) is 3.42. The van der Waals surface area contributed by atoms with E-state index in [0.717, 1.165) is 35.5 Å². The van der Waals surface area contributed by atoms with E-state index in [1.165, 1.54) is 5.56 Å². The lowest BCUT2D eigenvalue weighted by molar-refractivity contribution is -0.117. The second-order valence-corrected chi connectivity index (χ2v) is 7.59. The highest BCUT2D eigenvalue weighted by atomic mass is 16.2. The van der Waals surface area contributed by atoms with Crippen molar-refractivity contribution in [3.05, 3.63) is 96.3 Å². The Hall–Kier alpha value is -3.40. The Labute approximate surface area is 170 Å². The fourth-order valence-electron chi connectivity index (χ4n) is 4.26. The number of benzene rings is 3. The molecule has 1 aliphatic heterocycles. The van der Waals surface area contributed by atoms with Crippen molar-refractivity contribution in [2.45, 2.75) is 25.3 Å². The summed E-state index contributed by atoms with van der Waals surface area (Å²) in [5, 5.41) is 0. The van der Waals surface area contributed by atoms with E-state index >= 15 is 0 Å². The molecule has 2 heterocycles. The van der Waals surface area contributed by atoms with Crippen LogP contribution in [-0.4, -0.2) is 22.0 Å². The molecular weight excluding hydrogens is 358 g/mol. The van der Waals surface area contributed by atoms with Gasteiger partial charge in [0.2, 0.25) is 5.91 Å². The second kappa shape index (κ2) is 7.55. The zero-order chi connectivity index (χ0) is 19.6. The molecule has 0 spiro atoms. The molecule has 3 aromatic carbocycles. The van der Waals surface area contributed by atoms with Gasteiger partial charge in [0.1, 0.15) is 5.82 Å². The maximum atomic E-state index is 12.8. The van der Waals surface area contributed by atoms with Crippen LogP contribution < -0.4 is 4.90 Å². The van der Waals surface area contributed by atoms with Gasteiger partial charge in [0.25, 0.3) is 0 Å². The smallest absolute Gasteiger partial charge is 0.227 e. The molecule has 0 unspecified atom stereocenters. The largest absolute Gasteiger partial charge is 0.327 e. The Morgan fingerprint density at radius 1 is 0.862 bits per heavy atom. The van der Waals surface area contributed by atoms with Crippen molar-refractivity contribution in [2.75, 3.05) is 11.4 Å². The molecule has 0 radical (unpaired) electrons. The first-order valence-electron chi connectivity index (χ1n) is 10.1.